The van der Waals surface area contributed by atoms with Gasteiger partial charge in [-0.05, 0) is 24.0 Å². The number of fused-ring (bicyclic) bond motifs is 1. The number of thioether (sulfide) groups is 1. The highest BCUT2D eigenvalue weighted by molar-refractivity contribution is 8.01. The summed E-state index contributed by atoms with van der Waals surface area (Å²) in [7, 11) is 1.59. The van der Waals surface area contributed by atoms with Crippen molar-refractivity contribution in [3.63, 3.8) is 0 Å². The average molecular weight is 347 g/mol. The van der Waals surface area contributed by atoms with Crippen LogP contribution >= 0.6 is 23.1 Å². The fourth-order valence-corrected chi connectivity index (χ4v) is 3.71. The zero-order chi connectivity index (χ0) is 16.4. The second-order valence-corrected chi connectivity index (χ2v) is 7.09. The fourth-order valence-electron chi connectivity index (χ4n) is 2.07. The van der Waals surface area contributed by atoms with Crippen molar-refractivity contribution in [2.24, 2.45) is 7.05 Å². The number of amides is 1. The summed E-state index contributed by atoms with van der Waals surface area (Å²) in [5.74, 6) is 0.376. The molecular formula is C14H13N5O2S2. The Balaban J connectivity index is 1.94. The molecule has 3 aromatic rings. The topological polar surface area (TPSA) is 89.8 Å². The van der Waals surface area contributed by atoms with Gasteiger partial charge in [-0.1, -0.05) is 30.0 Å². The molecule has 0 spiro atoms. The highest BCUT2D eigenvalue weighted by Crippen LogP contribution is 2.25. The lowest BCUT2D eigenvalue weighted by Crippen LogP contribution is -2.28. The van der Waals surface area contributed by atoms with Crippen LogP contribution in [0.15, 0.2) is 33.5 Å². The van der Waals surface area contributed by atoms with Gasteiger partial charge in [0.05, 0.1) is 0 Å². The van der Waals surface area contributed by atoms with Gasteiger partial charge in [0.1, 0.15) is 11.2 Å². The molecular weight excluding hydrogens is 334 g/mol. The second kappa shape index (κ2) is 6.47. The highest BCUT2D eigenvalue weighted by atomic mass is 32.2. The molecule has 0 unspecified atom stereocenters. The number of carbonyl (C=O) groups is 1. The molecule has 0 aliphatic heterocycles. The molecule has 0 aliphatic carbocycles. The maximum absolute atomic E-state index is 12.4. The van der Waals surface area contributed by atoms with Gasteiger partial charge in [0.15, 0.2) is 4.34 Å². The molecule has 23 heavy (non-hydrogen) atoms. The van der Waals surface area contributed by atoms with Gasteiger partial charge in [-0.3, -0.25) is 19.5 Å². The predicted molar refractivity (Wildman–Crippen MR) is 91.2 cm³/mol. The van der Waals surface area contributed by atoms with E-state index in [2.05, 4.69) is 20.5 Å². The van der Waals surface area contributed by atoms with Crippen LogP contribution in [0.25, 0.3) is 11.0 Å². The summed E-state index contributed by atoms with van der Waals surface area (Å²) in [6.45, 7) is 2.01. The lowest BCUT2D eigenvalue weighted by atomic mass is 10.2. The van der Waals surface area contributed by atoms with Crippen LogP contribution in [-0.2, 0) is 7.05 Å². The zero-order valence-electron chi connectivity index (χ0n) is 12.4. The van der Waals surface area contributed by atoms with Crippen molar-refractivity contribution >= 4 is 45.2 Å². The summed E-state index contributed by atoms with van der Waals surface area (Å²) in [5, 5.41) is 11.6. The van der Waals surface area contributed by atoms with E-state index in [-0.39, 0.29) is 5.56 Å². The molecule has 0 fully saturated rings. The molecule has 1 N–H and O–H groups in total. The van der Waals surface area contributed by atoms with E-state index in [0.29, 0.717) is 10.8 Å². The molecule has 0 aromatic carbocycles. The predicted octanol–water partition coefficient (Wildman–Crippen LogP) is 2.15. The molecule has 0 radical (unpaired) electrons. The van der Waals surface area contributed by atoms with E-state index in [0.717, 1.165) is 15.5 Å². The van der Waals surface area contributed by atoms with Crippen LogP contribution in [0.1, 0.15) is 17.3 Å². The third kappa shape index (κ3) is 3.10. The number of pyridine rings is 2. The number of aromatic nitrogens is 4. The smallest absolute Gasteiger partial charge is 0.264 e. The summed E-state index contributed by atoms with van der Waals surface area (Å²) in [5.41, 5.74) is 0.181. The minimum absolute atomic E-state index is 0.0490. The summed E-state index contributed by atoms with van der Waals surface area (Å²) in [4.78, 5) is 28.9. The second-order valence-electron chi connectivity index (χ2n) is 4.60. The lowest BCUT2D eigenvalue weighted by molar-refractivity contribution is 0.102. The van der Waals surface area contributed by atoms with Crippen molar-refractivity contribution in [2.45, 2.75) is 11.3 Å². The third-order valence-corrected chi connectivity index (χ3v) is 4.96. The van der Waals surface area contributed by atoms with E-state index in [4.69, 9.17) is 0 Å². The Hall–Kier alpha value is -2.26. The highest BCUT2D eigenvalue weighted by Gasteiger charge is 2.16. The minimum atomic E-state index is -0.499. The van der Waals surface area contributed by atoms with Crippen molar-refractivity contribution in [3.05, 3.63) is 40.3 Å². The SMILES string of the molecule is CCSc1nnc(NC(=O)c2cc3cccnc3n(C)c2=O)s1. The quantitative estimate of drug-likeness (QED) is 0.574. The largest absolute Gasteiger partial charge is 0.296 e. The van der Waals surface area contributed by atoms with Crippen LogP contribution in [0.3, 0.4) is 0 Å². The zero-order valence-corrected chi connectivity index (χ0v) is 14.1. The molecule has 0 saturated carbocycles. The van der Waals surface area contributed by atoms with Gasteiger partial charge in [-0.25, -0.2) is 4.98 Å². The van der Waals surface area contributed by atoms with E-state index in [1.54, 1.807) is 43.2 Å². The van der Waals surface area contributed by atoms with Gasteiger partial charge >= 0.3 is 0 Å². The summed E-state index contributed by atoms with van der Waals surface area (Å²) >= 11 is 2.83. The number of rotatable bonds is 4. The summed E-state index contributed by atoms with van der Waals surface area (Å²) < 4.78 is 2.14. The van der Waals surface area contributed by atoms with Gasteiger partial charge in [0.25, 0.3) is 11.5 Å². The number of carbonyl (C=O) groups excluding carboxylic acids is 1. The van der Waals surface area contributed by atoms with E-state index < -0.39 is 11.5 Å². The fraction of sp³-hybridized carbons (Fsp3) is 0.214. The van der Waals surface area contributed by atoms with Gasteiger partial charge in [-0.15, -0.1) is 10.2 Å². The molecule has 0 atom stereocenters. The number of nitrogens with one attached hydrogen (secondary N) is 1. The Kier molecular flexibility index (Phi) is 4.39. The molecule has 0 aliphatic rings. The standard InChI is InChI=1S/C14H13N5O2S2/c1-3-22-14-18-17-13(23-14)16-11(20)9-7-8-5-4-6-15-10(8)19(2)12(9)21/h4-7H,3H2,1-2H3,(H,16,17,20). The Morgan fingerprint density at radius 2 is 2.26 bits per heavy atom. The molecule has 7 nitrogen and oxygen atoms in total. The first-order valence-electron chi connectivity index (χ1n) is 6.82. The number of anilines is 1. The summed E-state index contributed by atoms with van der Waals surface area (Å²) in [6, 6.07) is 5.11. The average Bonchev–Trinajstić information content (AvgIpc) is 2.98. The van der Waals surface area contributed by atoms with Crippen molar-refractivity contribution in [2.75, 3.05) is 11.1 Å². The maximum Gasteiger partial charge on any atom is 0.264 e. The molecule has 3 heterocycles. The monoisotopic (exact) mass is 347 g/mol. The first-order chi connectivity index (χ1) is 11.1. The summed E-state index contributed by atoms with van der Waals surface area (Å²) in [6.07, 6.45) is 1.61. The minimum Gasteiger partial charge on any atom is -0.296 e. The van der Waals surface area contributed by atoms with Crippen molar-refractivity contribution in [1.29, 1.82) is 0 Å². The van der Waals surface area contributed by atoms with Gasteiger partial charge in [0.2, 0.25) is 5.13 Å². The molecule has 9 heteroatoms. The van der Waals surface area contributed by atoms with E-state index in [1.165, 1.54) is 15.9 Å². The van der Waals surface area contributed by atoms with Crippen molar-refractivity contribution < 1.29 is 4.79 Å². The van der Waals surface area contributed by atoms with E-state index >= 15 is 0 Å². The molecule has 1 amide bonds. The number of nitrogens with zero attached hydrogens (tertiary/aromatic N) is 4. The van der Waals surface area contributed by atoms with Crippen molar-refractivity contribution in [1.82, 2.24) is 19.7 Å². The Morgan fingerprint density at radius 1 is 1.43 bits per heavy atom. The molecule has 0 saturated heterocycles. The van der Waals surface area contributed by atoms with Gasteiger partial charge < -0.3 is 0 Å². The third-order valence-electron chi connectivity index (χ3n) is 3.11. The van der Waals surface area contributed by atoms with Crippen LogP contribution < -0.4 is 10.9 Å². The van der Waals surface area contributed by atoms with E-state index in [1.807, 2.05) is 6.92 Å². The number of aryl methyl sites for hydroxylation is 1. The number of hydrogen-bond donors (Lipinski definition) is 1. The van der Waals surface area contributed by atoms with E-state index in [9.17, 15) is 9.59 Å². The van der Waals surface area contributed by atoms with Crippen LogP contribution in [0, 0.1) is 0 Å². The molecule has 0 bridgehead atoms. The van der Waals surface area contributed by atoms with Gasteiger partial charge in [0, 0.05) is 18.6 Å². The van der Waals surface area contributed by atoms with Crippen LogP contribution in [0.2, 0.25) is 0 Å². The number of hydrogen-bond acceptors (Lipinski definition) is 7. The first kappa shape index (κ1) is 15.6. The van der Waals surface area contributed by atoms with Crippen LogP contribution in [0.4, 0.5) is 5.13 Å². The lowest BCUT2D eigenvalue weighted by Gasteiger charge is -2.07. The van der Waals surface area contributed by atoms with Gasteiger partial charge in [-0.2, -0.15) is 0 Å². The molecule has 3 rings (SSSR count). The van der Waals surface area contributed by atoms with Crippen molar-refractivity contribution in [3.8, 4) is 0 Å². The normalized spacial score (nSPS) is 10.9. The Bertz CT molecular complexity index is 934. The molecule has 3 aromatic heterocycles. The first-order valence-corrected chi connectivity index (χ1v) is 8.62. The Morgan fingerprint density at radius 3 is 3.04 bits per heavy atom. The van der Waals surface area contributed by atoms with Crippen LogP contribution in [-0.4, -0.2) is 31.4 Å². The van der Waals surface area contributed by atoms with Crippen LogP contribution in [0.5, 0.6) is 0 Å². The molecule has 118 valence electrons. The maximum atomic E-state index is 12.4. The Labute approximate surface area is 139 Å².